The zero-order chi connectivity index (χ0) is 19.9. The van der Waals surface area contributed by atoms with Crippen LogP contribution in [0.15, 0.2) is 40.3 Å². The quantitative estimate of drug-likeness (QED) is 0.639. The second-order valence-corrected chi connectivity index (χ2v) is 6.20. The summed E-state index contributed by atoms with van der Waals surface area (Å²) in [7, 11) is 2.53. The van der Waals surface area contributed by atoms with E-state index >= 15 is 0 Å². The number of hydrogen-bond acceptors (Lipinski definition) is 5. The SMILES string of the molecule is CN1C(=O)C(=Cc2ccc(-c3cc(Cl)ccc3C(=O)O)o2)C(=O)N(C)C1=O. The molecule has 1 saturated heterocycles. The molecule has 0 atom stereocenters. The van der Waals surface area contributed by atoms with Crippen LogP contribution in [0.5, 0.6) is 0 Å². The number of halogens is 1. The van der Waals surface area contributed by atoms with Gasteiger partial charge in [-0.1, -0.05) is 11.6 Å². The lowest BCUT2D eigenvalue weighted by atomic mass is 10.1. The molecule has 1 aromatic carbocycles. The Balaban J connectivity index is 2.02. The summed E-state index contributed by atoms with van der Waals surface area (Å²) in [5.74, 6) is -2.31. The molecule has 0 spiro atoms. The van der Waals surface area contributed by atoms with E-state index in [2.05, 4.69) is 0 Å². The van der Waals surface area contributed by atoms with Gasteiger partial charge in [0, 0.05) is 24.7 Å². The first-order valence-corrected chi connectivity index (χ1v) is 8.03. The van der Waals surface area contributed by atoms with Crippen LogP contribution >= 0.6 is 11.6 Å². The first kappa shape index (κ1) is 18.4. The highest BCUT2D eigenvalue weighted by Gasteiger charge is 2.38. The molecule has 2 heterocycles. The minimum atomic E-state index is -1.16. The largest absolute Gasteiger partial charge is 0.478 e. The zero-order valence-electron chi connectivity index (χ0n) is 14.2. The molecule has 1 N–H and O–H groups in total. The average Bonchev–Trinajstić information content (AvgIpc) is 3.10. The van der Waals surface area contributed by atoms with Crippen molar-refractivity contribution in [3.8, 4) is 11.3 Å². The molecule has 0 radical (unpaired) electrons. The summed E-state index contributed by atoms with van der Waals surface area (Å²) in [6, 6.07) is 6.49. The number of rotatable bonds is 3. The number of carboxylic acid groups (broad SMARTS) is 1. The van der Waals surface area contributed by atoms with E-state index in [0.29, 0.717) is 5.02 Å². The normalized spacial score (nSPS) is 14.8. The van der Waals surface area contributed by atoms with Gasteiger partial charge in [0.05, 0.1) is 5.56 Å². The van der Waals surface area contributed by atoms with Crippen molar-refractivity contribution in [1.82, 2.24) is 9.80 Å². The Morgan fingerprint density at radius 3 is 2.30 bits per heavy atom. The molecular weight excluding hydrogens is 376 g/mol. The van der Waals surface area contributed by atoms with Crippen LogP contribution in [0.3, 0.4) is 0 Å². The van der Waals surface area contributed by atoms with Crippen molar-refractivity contribution in [2.24, 2.45) is 0 Å². The number of imide groups is 2. The fourth-order valence-corrected chi connectivity index (χ4v) is 2.77. The molecule has 1 aliphatic heterocycles. The second kappa shape index (κ2) is 6.73. The third-order valence-corrected chi connectivity index (χ3v) is 4.27. The van der Waals surface area contributed by atoms with Gasteiger partial charge in [-0.05, 0) is 36.4 Å². The third kappa shape index (κ3) is 3.22. The van der Waals surface area contributed by atoms with Gasteiger partial charge in [-0.25, -0.2) is 9.59 Å². The summed E-state index contributed by atoms with van der Waals surface area (Å²) in [5.41, 5.74) is -0.00162. The Morgan fingerprint density at radius 1 is 1.07 bits per heavy atom. The highest BCUT2D eigenvalue weighted by molar-refractivity contribution is 6.31. The van der Waals surface area contributed by atoms with E-state index in [1.165, 1.54) is 50.5 Å². The number of hydrogen-bond donors (Lipinski definition) is 1. The van der Waals surface area contributed by atoms with Crippen LogP contribution in [0.25, 0.3) is 17.4 Å². The second-order valence-electron chi connectivity index (χ2n) is 5.77. The molecule has 0 bridgehead atoms. The number of amides is 4. The van der Waals surface area contributed by atoms with Gasteiger partial charge < -0.3 is 9.52 Å². The highest BCUT2D eigenvalue weighted by Crippen LogP contribution is 2.30. The minimum absolute atomic E-state index is 0.0113. The lowest BCUT2D eigenvalue weighted by molar-refractivity contribution is -0.134. The molecule has 1 fully saturated rings. The molecule has 0 saturated carbocycles. The van der Waals surface area contributed by atoms with Crippen molar-refractivity contribution in [2.75, 3.05) is 14.1 Å². The van der Waals surface area contributed by atoms with Crippen molar-refractivity contribution < 1.29 is 28.7 Å². The summed E-state index contributed by atoms with van der Waals surface area (Å²) in [4.78, 5) is 49.2. The number of carboxylic acids is 1. The van der Waals surface area contributed by atoms with Crippen LogP contribution in [0.1, 0.15) is 16.1 Å². The van der Waals surface area contributed by atoms with Crippen molar-refractivity contribution in [1.29, 1.82) is 0 Å². The van der Waals surface area contributed by atoms with Crippen LogP contribution in [-0.4, -0.2) is 52.8 Å². The Kier molecular flexibility index (Phi) is 4.59. The first-order chi connectivity index (χ1) is 12.7. The van der Waals surface area contributed by atoms with Gasteiger partial charge in [0.25, 0.3) is 11.8 Å². The van der Waals surface area contributed by atoms with Gasteiger partial charge in [0.1, 0.15) is 17.1 Å². The van der Waals surface area contributed by atoms with E-state index in [9.17, 15) is 24.3 Å². The van der Waals surface area contributed by atoms with Gasteiger partial charge in [0.2, 0.25) is 0 Å². The predicted octanol–water partition coefficient (Wildman–Crippen LogP) is 2.73. The number of barbiturate groups is 1. The van der Waals surface area contributed by atoms with Gasteiger partial charge in [0.15, 0.2) is 0 Å². The van der Waals surface area contributed by atoms with E-state index in [-0.39, 0.29) is 28.2 Å². The Morgan fingerprint density at radius 2 is 1.70 bits per heavy atom. The number of aromatic carboxylic acids is 1. The average molecular weight is 389 g/mol. The van der Waals surface area contributed by atoms with Gasteiger partial charge in [-0.15, -0.1) is 0 Å². The molecule has 27 heavy (non-hydrogen) atoms. The molecule has 1 aromatic heterocycles. The Labute approximate surface area is 158 Å². The summed E-state index contributed by atoms with van der Waals surface area (Å²) in [6.45, 7) is 0. The molecule has 4 amide bonds. The fraction of sp³-hybridized carbons (Fsp3) is 0.111. The first-order valence-electron chi connectivity index (χ1n) is 7.65. The maximum absolute atomic E-state index is 12.2. The Hall–Kier alpha value is -3.39. The number of nitrogens with zero attached hydrogens (tertiary/aromatic N) is 2. The van der Waals surface area contributed by atoms with Crippen molar-refractivity contribution >= 4 is 41.5 Å². The van der Waals surface area contributed by atoms with Crippen LogP contribution < -0.4 is 0 Å². The summed E-state index contributed by atoms with van der Waals surface area (Å²) in [6.07, 6.45) is 1.21. The lowest BCUT2D eigenvalue weighted by Crippen LogP contribution is -2.52. The van der Waals surface area contributed by atoms with Crippen molar-refractivity contribution in [3.05, 3.63) is 52.3 Å². The molecule has 3 rings (SSSR count). The number of furan rings is 1. The van der Waals surface area contributed by atoms with Crippen molar-refractivity contribution in [2.45, 2.75) is 0 Å². The zero-order valence-corrected chi connectivity index (χ0v) is 15.0. The molecule has 8 nitrogen and oxygen atoms in total. The molecule has 2 aromatic rings. The molecule has 138 valence electrons. The number of benzene rings is 1. The maximum Gasteiger partial charge on any atom is 0.336 e. The minimum Gasteiger partial charge on any atom is -0.478 e. The summed E-state index contributed by atoms with van der Waals surface area (Å²) in [5, 5.41) is 9.63. The van der Waals surface area contributed by atoms with Crippen LogP contribution in [0.4, 0.5) is 4.79 Å². The van der Waals surface area contributed by atoms with E-state index in [1.807, 2.05) is 0 Å². The molecular formula is C18H13ClN2O6. The summed E-state index contributed by atoms with van der Waals surface area (Å²) >= 11 is 5.94. The standard InChI is InChI=1S/C18H13ClN2O6/c1-20-15(22)13(16(23)21(2)18(20)26)8-10-4-6-14(27-10)12-7-9(19)3-5-11(12)17(24)25/h3-8H,1-2H3,(H,24,25). The highest BCUT2D eigenvalue weighted by atomic mass is 35.5. The van der Waals surface area contributed by atoms with Crippen LogP contribution in [-0.2, 0) is 9.59 Å². The molecule has 9 heteroatoms. The van der Waals surface area contributed by atoms with Crippen molar-refractivity contribution in [3.63, 3.8) is 0 Å². The molecule has 0 unspecified atom stereocenters. The van der Waals surface area contributed by atoms with Gasteiger partial charge in [-0.3, -0.25) is 19.4 Å². The van der Waals surface area contributed by atoms with Gasteiger partial charge in [-0.2, -0.15) is 0 Å². The summed E-state index contributed by atoms with van der Waals surface area (Å²) < 4.78 is 5.59. The predicted molar refractivity (Wildman–Crippen MR) is 95.0 cm³/mol. The molecule has 1 aliphatic rings. The number of urea groups is 1. The van der Waals surface area contributed by atoms with E-state index in [0.717, 1.165) is 9.80 Å². The smallest absolute Gasteiger partial charge is 0.336 e. The maximum atomic E-state index is 12.2. The lowest BCUT2D eigenvalue weighted by Gasteiger charge is -2.28. The van der Waals surface area contributed by atoms with Crippen LogP contribution in [0.2, 0.25) is 5.02 Å². The monoisotopic (exact) mass is 388 g/mol. The number of carbonyl (C=O) groups excluding carboxylic acids is 3. The van der Waals surface area contributed by atoms with E-state index < -0.39 is 23.8 Å². The van der Waals surface area contributed by atoms with Crippen LogP contribution in [0, 0.1) is 0 Å². The van der Waals surface area contributed by atoms with Gasteiger partial charge >= 0.3 is 12.0 Å². The fourth-order valence-electron chi connectivity index (χ4n) is 2.60. The number of carbonyl (C=O) groups is 4. The topological polar surface area (TPSA) is 108 Å². The van der Waals surface area contributed by atoms with E-state index in [4.69, 9.17) is 16.0 Å². The Bertz CT molecular complexity index is 997. The number of likely N-dealkylation sites (N-methyl/N-ethyl adjacent to an activating group) is 2. The van der Waals surface area contributed by atoms with E-state index in [1.54, 1.807) is 0 Å². The molecule has 0 aliphatic carbocycles. The third-order valence-electron chi connectivity index (χ3n) is 4.03.